The number of pyridine rings is 1. The second kappa shape index (κ2) is 11.5. The van der Waals surface area contributed by atoms with Crippen LogP contribution in [0.15, 0.2) is 29.5 Å². The third-order valence-corrected chi connectivity index (χ3v) is 5.28. The monoisotopic (exact) mass is 517 g/mol. The normalized spacial score (nSPS) is 15.9. The third kappa shape index (κ3) is 5.98. The second-order valence-electron chi connectivity index (χ2n) is 6.31. The predicted molar refractivity (Wildman–Crippen MR) is 124 cm³/mol. The highest BCUT2D eigenvalue weighted by molar-refractivity contribution is 14.0. The molecule has 1 saturated heterocycles. The van der Waals surface area contributed by atoms with E-state index in [4.69, 9.17) is 0 Å². The zero-order valence-corrected chi connectivity index (χ0v) is 19.4. The van der Waals surface area contributed by atoms with Gasteiger partial charge >= 0.3 is 0 Å². The number of rotatable bonds is 6. The molecule has 0 radical (unpaired) electrons. The molecule has 0 amide bonds. The number of halogens is 1. The van der Waals surface area contributed by atoms with E-state index < -0.39 is 6.10 Å². The third-order valence-electron chi connectivity index (χ3n) is 4.46. The van der Waals surface area contributed by atoms with E-state index in [1.54, 1.807) is 12.4 Å². The molecule has 0 spiro atoms. The maximum Gasteiger partial charge on any atom is 0.205 e. The lowest BCUT2D eigenvalue weighted by atomic mass is 10.1. The predicted octanol–water partition coefficient (Wildman–Crippen LogP) is 1.93. The van der Waals surface area contributed by atoms with Crippen LogP contribution in [0.4, 0.5) is 5.13 Å². The molecule has 3 rings (SSSR count). The molecule has 1 unspecified atom stereocenters. The summed E-state index contributed by atoms with van der Waals surface area (Å²) in [5.74, 6) is 1.76. The van der Waals surface area contributed by atoms with Crippen molar-refractivity contribution in [1.82, 2.24) is 24.6 Å². The highest BCUT2D eigenvalue weighted by Gasteiger charge is 2.22. The van der Waals surface area contributed by atoms with Crippen molar-refractivity contribution in [2.24, 2.45) is 4.99 Å². The van der Waals surface area contributed by atoms with E-state index in [0.29, 0.717) is 6.54 Å². The van der Waals surface area contributed by atoms with Crippen LogP contribution in [-0.2, 0) is 6.42 Å². The van der Waals surface area contributed by atoms with E-state index in [-0.39, 0.29) is 24.0 Å². The van der Waals surface area contributed by atoms with Gasteiger partial charge in [-0.1, -0.05) is 6.92 Å². The Morgan fingerprint density at radius 1 is 1.25 bits per heavy atom. The number of piperazine rings is 1. The van der Waals surface area contributed by atoms with Crippen molar-refractivity contribution >= 4 is 46.6 Å². The Balaban J connectivity index is 0.00000280. The Kier molecular flexibility index (Phi) is 9.32. The van der Waals surface area contributed by atoms with E-state index >= 15 is 0 Å². The van der Waals surface area contributed by atoms with Gasteiger partial charge in [0.25, 0.3) is 0 Å². The first kappa shape index (κ1) is 22.8. The lowest BCUT2D eigenvalue weighted by Crippen LogP contribution is -2.52. The first-order chi connectivity index (χ1) is 13.2. The lowest BCUT2D eigenvalue weighted by molar-refractivity contribution is 0.186. The zero-order chi connectivity index (χ0) is 19.1. The number of aromatic nitrogens is 3. The van der Waals surface area contributed by atoms with Gasteiger partial charge < -0.3 is 20.2 Å². The van der Waals surface area contributed by atoms with Crippen molar-refractivity contribution in [1.29, 1.82) is 0 Å². The fourth-order valence-electron chi connectivity index (χ4n) is 2.92. The van der Waals surface area contributed by atoms with Crippen molar-refractivity contribution in [3.05, 3.63) is 35.9 Å². The van der Waals surface area contributed by atoms with Crippen LogP contribution in [0.5, 0.6) is 0 Å². The highest BCUT2D eigenvalue weighted by atomic mass is 127. The van der Waals surface area contributed by atoms with E-state index in [1.165, 1.54) is 11.5 Å². The minimum atomic E-state index is -0.628. The van der Waals surface area contributed by atoms with Gasteiger partial charge in [0.05, 0.1) is 12.6 Å². The van der Waals surface area contributed by atoms with Gasteiger partial charge in [0.15, 0.2) is 5.96 Å². The van der Waals surface area contributed by atoms with Crippen molar-refractivity contribution < 1.29 is 5.11 Å². The summed E-state index contributed by atoms with van der Waals surface area (Å²) in [7, 11) is 0. The molecule has 1 atom stereocenters. The number of hydrogen-bond acceptors (Lipinski definition) is 7. The number of nitrogens with one attached hydrogen (secondary N) is 1. The van der Waals surface area contributed by atoms with Crippen LogP contribution in [0.2, 0.25) is 0 Å². The molecule has 2 aromatic heterocycles. The van der Waals surface area contributed by atoms with Crippen LogP contribution in [0.25, 0.3) is 0 Å². The molecule has 8 nitrogen and oxygen atoms in total. The molecule has 154 valence electrons. The van der Waals surface area contributed by atoms with Gasteiger partial charge in [0, 0.05) is 63.1 Å². The largest absolute Gasteiger partial charge is 0.386 e. The van der Waals surface area contributed by atoms with E-state index in [2.05, 4.69) is 48.3 Å². The van der Waals surface area contributed by atoms with Crippen LogP contribution >= 0.6 is 35.5 Å². The molecule has 2 aromatic rings. The first-order valence-corrected chi connectivity index (χ1v) is 10.2. The summed E-state index contributed by atoms with van der Waals surface area (Å²) in [6, 6.07) is 3.64. The SMILES string of the molecule is CCNC(=NCC(O)c1ccncc1)N1CCN(c2nc(CC)ns2)CC1.I. The first-order valence-electron chi connectivity index (χ1n) is 9.40. The number of aryl methyl sites for hydroxylation is 1. The maximum absolute atomic E-state index is 10.3. The fraction of sp³-hybridized carbons (Fsp3) is 0.556. The summed E-state index contributed by atoms with van der Waals surface area (Å²) in [4.78, 5) is 17.7. The quantitative estimate of drug-likeness (QED) is 0.344. The topological polar surface area (TPSA) is 89.8 Å². The number of aliphatic hydroxyl groups is 1. The van der Waals surface area contributed by atoms with Crippen molar-refractivity contribution in [2.45, 2.75) is 26.4 Å². The molecule has 0 aromatic carbocycles. The van der Waals surface area contributed by atoms with E-state index in [0.717, 1.165) is 61.6 Å². The second-order valence-corrected chi connectivity index (χ2v) is 7.04. The molecular weight excluding hydrogens is 489 g/mol. The maximum atomic E-state index is 10.3. The van der Waals surface area contributed by atoms with Crippen LogP contribution < -0.4 is 10.2 Å². The van der Waals surface area contributed by atoms with Crippen LogP contribution in [0, 0.1) is 0 Å². The molecule has 1 fully saturated rings. The minimum Gasteiger partial charge on any atom is -0.386 e. The van der Waals surface area contributed by atoms with Gasteiger partial charge in [-0.2, -0.15) is 4.37 Å². The molecule has 2 N–H and O–H groups in total. The van der Waals surface area contributed by atoms with Gasteiger partial charge in [-0.05, 0) is 24.6 Å². The summed E-state index contributed by atoms with van der Waals surface area (Å²) in [5.41, 5.74) is 0.831. The molecule has 0 saturated carbocycles. The van der Waals surface area contributed by atoms with E-state index in [9.17, 15) is 5.11 Å². The number of hydrogen-bond donors (Lipinski definition) is 2. The molecule has 1 aliphatic heterocycles. The molecule has 0 bridgehead atoms. The Morgan fingerprint density at radius 2 is 1.96 bits per heavy atom. The lowest BCUT2D eigenvalue weighted by Gasteiger charge is -2.36. The summed E-state index contributed by atoms with van der Waals surface area (Å²) in [6.07, 6.45) is 3.61. The Bertz CT molecular complexity index is 735. The Morgan fingerprint density at radius 3 is 2.57 bits per heavy atom. The highest BCUT2D eigenvalue weighted by Crippen LogP contribution is 2.19. The Hall–Kier alpha value is -1.53. The fourth-order valence-corrected chi connectivity index (χ4v) is 3.72. The van der Waals surface area contributed by atoms with Crippen molar-refractivity contribution in [2.75, 3.05) is 44.2 Å². The van der Waals surface area contributed by atoms with Crippen molar-refractivity contribution in [3.8, 4) is 0 Å². The summed E-state index contributed by atoms with van der Waals surface area (Å²) in [6.45, 7) is 8.73. The molecule has 10 heteroatoms. The van der Waals surface area contributed by atoms with Crippen LogP contribution in [0.1, 0.15) is 31.3 Å². The average Bonchev–Trinajstić information content (AvgIpc) is 3.21. The van der Waals surface area contributed by atoms with Crippen LogP contribution in [0.3, 0.4) is 0 Å². The molecule has 3 heterocycles. The van der Waals surface area contributed by atoms with Gasteiger partial charge in [0.2, 0.25) is 5.13 Å². The average molecular weight is 517 g/mol. The van der Waals surface area contributed by atoms with Crippen molar-refractivity contribution in [3.63, 3.8) is 0 Å². The summed E-state index contributed by atoms with van der Waals surface area (Å²) in [5, 5.41) is 14.7. The van der Waals surface area contributed by atoms with Crippen LogP contribution in [-0.4, -0.2) is 69.6 Å². The standard InChI is InChI=1S/C18H27N7OS.HI/c1-3-16-22-18(27-23-16)25-11-9-24(10-12-25)17(20-4-2)21-13-15(26)14-5-7-19-8-6-14;/h5-8,15,26H,3-4,9-13H2,1-2H3,(H,20,21);1H. The number of guanidine groups is 1. The summed E-state index contributed by atoms with van der Waals surface area (Å²) < 4.78 is 4.38. The minimum absolute atomic E-state index is 0. The van der Waals surface area contributed by atoms with E-state index in [1.807, 2.05) is 12.1 Å². The molecule has 28 heavy (non-hydrogen) atoms. The van der Waals surface area contributed by atoms with Gasteiger partial charge in [-0.25, -0.2) is 4.98 Å². The summed E-state index contributed by atoms with van der Waals surface area (Å²) >= 11 is 1.47. The smallest absolute Gasteiger partial charge is 0.205 e. The molecular formula is C18H28IN7OS. The molecule has 0 aliphatic carbocycles. The van der Waals surface area contributed by atoms with Gasteiger partial charge in [-0.3, -0.25) is 9.98 Å². The van der Waals surface area contributed by atoms with Gasteiger partial charge in [-0.15, -0.1) is 24.0 Å². The number of nitrogens with zero attached hydrogens (tertiary/aromatic N) is 6. The zero-order valence-electron chi connectivity index (χ0n) is 16.3. The number of aliphatic imine (C=N–C) groups is 1. The molecule has 1 aliphatic rings. The number of aliphatic hydroxyl groups excluding tert-OH is 1. The Labute approximate surface area is 187 Å². The van der Waals surface area contributed by atoms with Gasteiger partial charge in [0.1, 0.15) is 5.82 Å². The number of anilines is 1.